The Morgan fingerprint density at radius 1 is 1.47 bits per heavy atom. The monoisotopic (exact) mass is 210 g/mol. The molecule has 0 aliphatic heterocycles. The molecule has 4 nitrogen and oxygen atoms in total. The molecule has 0 amide bonds. The van der Waals surface area contributed by atoms with Crippen LogP contribution < -0.4 is 11.1 Å². The Kier molecular flexibility index (Phi) is 2.87. The number of guanidine groups is 1. The average molecular weight is 210 g/mol. The molecule has 0 radical (unpaired) electrons. The molecule has 15 heavy (non-hydrogen) atoms. The van der Waals surface area contributed by atoms with E-state index in [0.29, 0.717) is 12.0 Å². The van der Waals surface area contributed by atoms with Crippen molar-refractivity contribution >= 4 is 5.96 Å². The molecule has 0 aromatic carbocycles. The van der Waals surface area contributed by atoms with Gasteiger partial charge in [0, 0.05) is 11.6 Å². The van der Waals surface area contributed by atoms with Crippen molar-refractivity contribution in [3.8, 4) is 0 Å². The van der Waals surface area contributed by atoms with E-state index < -0.39 is 0 Å². The first-order valence-electron chi connectivity index (χ1n) is 5.86. The number of nitrogens with one attached hydrogen (secondary N) is 1. The second-order valence-electron chi connectivity index (χ2n) is 5.09. The normalized spacial score (nSPS) is 25.1. The molecular formula is C11H22N4. The van der Waals surface area contributed by atoms with E-state index in [9.17, 15) is 0 Å². The lowest BCUT2D eigenvalue weighted by molar-refractivity contribution is 0.0699. The van der Waals surface area contributed by atoms with Crippen LogP contribution in [0.5, 0.6) is 0 Å². The Hall–Kier alpha value is -0.770. The first-order valence-corrected chi connectivity index (χ1v) is 5.86. The third-order valence-electron chi connectivity index (χ3n) is 3.71. The largest absolute Gasteiger partial charge is 0.370 e. The summed E-state index contributed by atoms with van der Waals surface area (Å²) in [6, 6.07) is 0.602. The number of nitrogens with zero attached hydrogens (tertiary/aromatic N) is 2. The van der Waals surface area contributed by atoms with Crippen molar-refractivity contribution in [2.45, 2.75) is 43.7 Å². The molecule has 2 aliphatic carbocycles. The van der Waals surface area contributed by atoms with Gasteiger partial charge in [-0.2, -0.15) is 0 Å². The first kappa shape index (κ1) is 10.7. The van der Waals surface area contributed by atoms with Gasteiger partial charge in [0.1, 0.15) is 0 Å². The predicted octanol–water partition coefficient (Wildman–Crippen LogP) is 0.537. The van der Waals surface area contributed by atoms with Gasteiger partial charge in [-0.15, -0.1) is 0 Å². The van der Waals surface area contributed by atoms with Gasteiger partial charge in [0.2, 0.25) is 0 Å². The third-order valence-corrected chi connectivity index (χ3v) is 3.71. The molecule has 0 spiro atoms. The van der Waals surface area contributed by atoms with Crippen molar-refractivity contribution in [2.75, 3.05) is 20.6 Å². The van der Waals surface area contributed by atoms with Crippen LogP contribution in [0.2, 0.25) is 0 Å². The molecule has 0 aromatic rings. The van der Waals surface area contributed by atoms with E-state index in [-0.39, 0.29) is 5.54 Å². The van der Waals surface area contributed by atoms with E-state index >= 15 is 0 Å². The first-order chi connectivity index (χ1) is 7.12. The number of rotatable bonds is 4. The second kappa shape index (κ2) is 4.00. The van der Waals surface area contributed by atoms with Gasteiger partial charge in [0.15, 0.2) is 5.96 Å². The maximum atomic E-state index is 5.82. The van der Waals surface area contributed by atoms with Crippen molar-refractivity contribution in [3.63, 3.8) is 0 Å². The predicted molar refractivity (Wildman–Crippen MR) is 62.9 cm³/mol. The summed E-state index contributed by atoms with van der Waals surface area (Å²) >= 11 is 0. The van der Waals surface area contributed by atoms with Gasteiger partial charge in [-0.05, 0) is 46.2 Å². The summed E-state index contributed by atoms with van der Waals surface area (Å²) in [5.41, 5.74) is 6.11. The van der Waals surface area contributed by atoms with Gasteiger partial charge in [0.25, 0.3) is 0 Å². The molecule has 2 aliphatic rings. The lowest BCUT2D eigenvalue weighted by atomic mass is 9.76. The molecule has 2 saturated carbocycles. The molecule has 0 heterocycles. The van der Waals surface area contributed by atoms with Gasteiger partial charge in [-0.25, -0.2) is 0 Å². The third kappa shape index (κ3) is 2.43. The fourth-order valence-corrected chi connectivity index (χ4v) is 2.05. The molecule has 2 rings (SSSR count). The number of aliphatic imine (C=N–C) groups is 1. The van der Waals surface area contributed by atoms with E-state index in [1.807, 2.05) is 0 Å². The average Bonchev–Trinajstić information content (AvgIpc) is 2.85. The Bertz CT molecular complexity index is 251. The van der Waals surface area contributed by atoms with Crippen LogP contribution in [0.25, 0.3) is 0 Å². The molecule has 0 atom stereocenters. The van der Waals surface area contributed by atoms with E-state index in [1.54, 1.807) is 0 Å². The molecule has 0 bridgehead atoms. The van der Waals surface area contributed by atoms with Crippen LogP contribution in [0.3, 0.4) is 0 Å². The Labute approximate surface area is 91.9 Å². The Morgan fingerprint density at radius 3 is 2.53 bits per heavy atom. The minimum Gasteiger partial charge on any atom is -0.370 e. The fourth-order valence-electron chi connectivity index (χ4n) is 2.05. The van der Waals surface area contributed by atoms with E-state index in [4.69, 9.17) is 5.73 Å². The minimum absolute atomic E-state index is 0.288. The standard InChI is InChI=1S/C11H22N4/c1-15(2)11(6-3-7-11)8-13-10(12)14-9-4-5-9/h9H,3-8H2,1-2H3,(H3,12,13,14). The molecule has 86 valence electrons. The second-order valence-corrected chi connectivity index (χ2v) is 5.09. The van der Waals surface area contributed by atoms with Gasteiger partial charge in [0.05, 0.1) is 6.54 Å². The van der Waals surface area contributed by atoms with Crippen molar-refractivity contribution < 1.29 is 0 Å². The van der Waals surface area contributed by atoms with Crippen LogP contribution in [0, 0.1) is 0 Å². The SMILES string of the molecule is CN(C)C1(CN=C(N)NC2CC2)CCC1. The maximum absolute atomic E-state index is 5.82. The van der Waals surface area contributed by atoms with Crippen LogP contribution in [-0.2, 0) is 0 Å². The van der Waals surface area contributed by atoms with Crippen LogP contribution in [-0.4, -0.2) is 43.1 Å². The summed E-state index contributed by atoms with van der Waals surface area (Å²) in [7, 11) is 4.28. The van der Waals surface area contributed by atoms with Gasteiger partial charge >= 0.3 is 0 Å². The van der Waals surface area contributed by atoms with Gasteiger partial charge in [-0.1, -0.05) is 0 Å². The number of hydrogen-bond donors (Lipinski definition) is 2. The van der Waals surface area contributed by atoms with Crippen LogP contribution in [0.15, 0.2) is 4.99 Å². The Morgan fingerprint density at radius 2 is 2.13 bits per heavy atom. The number of nitrogens with two attached hydrogens (primary N) is 1. The molecule has 0 aromatic heterocycles. The lowest BCUT2D eigenvalue weighted by Gasteiger charge is -2.46. The van der Waals surface area contributed by atoms with Crippen molar-refractivity contribution in [1.82, 2.24) is 10.2 Å². The van der Waals surface area contributed by atoms with Crippen LogP contribution >= 0.6 is 0 Å². The molecule has 4 heteroatoms. The van der Waals surface area contributed by atoms with Crippen LogP contribution in [0.1, 0.15) is 32.1 Å². The van der Waals surface area contributed by atoms with Crippen molar-refractivity contribution in [3.05, 3.63) is 0 Å². The fraction of sp³-hybridized carbons (Fsp3) is 0.909. The highest BCUT2D eigenvalue weighted by atomic mass is 15.2. The topological polar surface area (TPSA) is 53.6 Å². The summed E-state index contributed by atoms with van der Waals surface area (Å²) in [6.45, 7) is 0.839. The van der Waals surface area contributed by atoms with Crippen molar-refractivity contribution in [1.29, 1.82) is 0 Å². The quantitative estimate of drug-likeness (QED) is 0.526. The number of hydrogen-bond acceptors (Lipinski definition) is 2. The summed E-state index contributed by atoms with van der Waals surface area (Å²) in [6.07, 6.45) is 6.31. The highest BCUT2D eigenvalue weighted by Crippen LogP contribution is 2.36. The van der Waals surface area contributed by atoms with E-state index in [0.717, 1.165) is 6.54 Å². The molecule has 0 unspecified atom stereocenters. The molecule has 3 N–H and O–H groups in total. The molecular weight excluding hydrogens is 188 g/mol. The molecule has 2 fully saturated rings. The zero-order valence-electron chi connectivity index (χ0n) is 9.79. The smallest absolute Gasteiger partial charge is 0.188 e. The zero-order valence-corrected chi connectivity index (χ0v) is 9.79. The highest BCUT2D eigenvalue weighted by Gasteiger charge is 2.38. The van der Waals surface area contributed by atoms with Gasteiger partial charge in [-0.3, -0.25) is 4.99 Å². The summed E-state index contributed by atoms with van der Waals surface area (Å²) in [4.78, 5) is 6.76. The zero-order chi connectivity index (χ0) is 10.9. The summed E-state index contributed by atoms with van der Waals surface area (Å²) in [5.74, 6) is 0.630. The summed E-state index contributed by atoms with van der Waals surface area (Å²) < 4.78 is 0. The van der Waals surface area contributed by atoms with Gasteiger partial charge < -0.3 is 16.0 Å². The van der Waals surface area contributed by atoms with Crippen molar-refractivity contribution in [2.24, 2.45) is 10.7 Å². The number of likely N-dealkylation sites (N-methyl/N-ethyl adjacent to an activating group) is 1. The molecule has 0 saturated heterocycles. The minimum atomic E-state index is 0.288. The van der Waals surface area contributed by atoms with E-state index in [1.165, 1.54) is 32.1 Å². The maximum Gasteiger partial charge on any atom is 0.188 e. The Balaban J connectivity index is 1.83. The lowest BCUT2D eigenvalue weighted by Crippen LogP contribution is -2.53. The van der Waals surface area contributed by atoms with Crippen LogP contribution in [0.4, 0.5) is 0 Å². The highest BCUT2D eigenvalue weighted by molar-refractivity contribution is 5.78. The van der Waals surface area contributed by atoms with E-state index in [2.05, 4.69) is 29.3 Å². The summed E-state index contributed by atoms with van der Waals surface area (Å²) in [5, 5.41) is 3.22.